The van der Waals surface area contributed by atoms with Crippen molar-refractivity contribution in [1.29, 1.82) is 0 Å². The van der Waals surface area contributed by atoms with Crippen molar-refractivity contribution >= 4 is 16.9 Å². The molecule has 3 heterocycles. The van der Waals surface area contributed by atoms with Crippen LogP contribution in [0.3, 0.4) is 0 Å². The zero-order chi connectivity index (χ0) is 26.1. The third kappa shape index (κ3) is 4.48. The summed E-state index contributed by atoms with van der Waals surface area (Å²) >= 11 is 0. The number of aromatic nitrogens is 2. The van der Waals surface area contributed by atoms with Gasteiger partial charge in [0.15, 0.2) is 11.5 Å². The smallest absolute Gasteiger partial charge is 0.306 e. The van der Waals surface area contributed by atoms with Crippen LogP contribution in [-0.2, 0) is 22.5 Å². The van der Waals surface area contributed by atoms with Gasteiger partial charge in [0.1, 0.15) is 5.75 Å². The Hall–Kier alpha value is -4.40. The number of pyridine rings is 1. The van der Waals surface area contributed by atoms with Gasteiger partial charge in [-0.3, -0.25) is 9.59 Å². The molecule has 1 atom stereocenters. The maximum absolute atomic E-state index is 13.9. The number of hydrogen-bond acceptors (Lipinski definition) is 7. The van der Waals surface area contributed by atoms with Gasteiger partial charge in [-0.25, -0.2) is 0 Å². The number of para-hydroxylation sites is 1. The highest BCUT2D eigenvalue weighted by Crippen LogP contribution is 2.45. The molecule has 0 saturated heterocycles. The second-order valence-electron chi connectivity index (χ2n) is 8.94. The SMILES string of the molecule is COC(=O)CC(c1cc(OC)c2c(c1)OCO2)c1c(O)cc(C)n(CCc2c[nH]c3ccccc23)c1=O. The van der Waals surface area contributed by atoms with Gasteiger partial charge in [-0.1, -0.05) is 18.2 Å². The molecule has 0 fully saturated rings. The molecule has 4 aromatic rings. The fourth-order valence-electron chi connectivity index (χ4n) is 4.93. The lowest BCUT2D eigenvalue weighted by atomic mass is 9.87. The van der Waals surface area contributed by atoms with E-state index in [1.807, 2.05) is 30.5 Å². The molecule has 1 unspecified atom stereocenters. The number of hydrogen-bond donors (Lipinski definition) is 2. The maximum atomic E-state index is 13.9. The molecule has 0 radical (unpaired) electrons. The van der Waals surface area contributed by atoms with Crippen LogP contribution in [0.2, 0.25) is 0 Å². The van der Waals surface area contributed by atoms with Crippen molar-refractivity contribution in [3.8, 4) is 23.0 Å². The second kappa shape index (κ2) is 9.93. The van der Waals surface area contributed by atoms with Gasteiger partial charge in [0.25, 0.3) is 5.56 Å². The Kier molecular flexibility index (Phi) is 6.52. The van der Waals surface area contributed by atoms with Crippen LogP contribution in [0.15, 0.2) is 53.5 Å². The summed E-state index contributed by atoms with van der Waals surface area (Å²) in [6, 6.07) is 12.9. The number of aromatic hydroxyl groups is 1. The Morgan fingerprint density at radius 3 is 2.78 bits per heavy atom. The normalized spacial score (nSPS) is 13.1. The van der Waals surface area contributed by atoms with Gasteiger partial charge in [-0.15, -0.1) is 0 Å². The van der Waals surface area contributed by atoms with Crippen molar-refractivity contribution in [2.24, 2.45) is 0 Å². The molecule has 0 amide bonds. The Morgan fingerprint density at radius 2 is 2.00 bits per heavy atom. The molecular formula is C28H28N2O7. The van der Waals surface area contributed by atoms with Gasteiger partial charge >= 0.3 is 5.97 Å². The molecule has 9 heteroatoms. The van der Waals surface area contributed by atoms with Gasteiger partial charge in [-0.05, 0) is 48.7 Å². The van der Waals surface area contributed by atoms with Crippen LogP contribution in [0.4, 0.5) is 0 Å². The Bertz CT molecular complexity index is 1540. The van der Waals surface area contributed by atoms with Crippen LogP contribution in [0.5, 0.6) is 23.0 Å². The number of nitrogens with one attached hydrogen (secondary N) is 1. The quantitative estimate of drug-likeness (QED) is 0.349. The topological polar surface area (TPSA) is 112 Å². The van der Waals surface area contributed by atoms with Crippen LogP contribution in [0, 0.1) is 6.92 Å². The van der Waals surface area contributed by atoms with E-state index in [1.165, 1.54) is 14.2 Å². The van der Waals surface area contributed by atoms with E-state index < -0.39 is 11.9 Å². The minimum atomic E-state index is -0.803. The summed E-state index contributed by atoms with van der Waals surface area (Å²) in [5.74, 6) is -0.208. The van der Waals surface area contributed by atoms with Crippen LogP contribution in [0.1, 0.15) is 34.7 Å². The van der Waals surface area contributed by atoms with Crippen LogP contribution < -0.4 is 19.8 Å². The summed E-state index contributed by atoms with van der Waals surface area (Å²) in [5, 5.41) is 12.1. The third-order valence-electron chi connectivity index (χ3n) is 6.83. The molecule has 2 aromatic carbocycles. The summed E-state index contributed by atoms with van der Waals surface area (Å²) in [6.07, 6.45) is 2.40. The van der Waals surface area contributed by atoms with Gasteiger partial charge in [0, 0.05) is 35.3 Å². The van der Waals surface area contributed by atoms with Crippen molar-refractivity contribution in [3.05, 3.63) is 81.4 Å². The molecule has 9 nitrogen and oxygen atoms in total. The monoisotopic (exact) mass is 504 g/mol. The van der Waals surface area contributed by atoms with Crippen molar-refractivity contribution < 1.29 is 28.8 Å². The van der Waals surface area contributed by atoms with E-state index in [0.717, 1.165) is 16.5 Å². The van der Waals surface area contributed by atoms with Crippen LogP contribution >= 0.6 is 0 Å². The highest BCUT2D eigenvalue weighted by Gasteiger charge is 2.30. The Balaban J connectivity index is 1.57. The molecule has 0 saturated carbocycles. The number of ether oxygens (including phenoxy) is 4. The molecule has 0 aliphatic carbocycles. The molecule has 192 valence electrons. The van der Waals surface area contributed by atoms with E-state index in [4.69, 9.17) is 18.9 Å². The zero-order valence-electron chi connectivity index (χ0n) is 20.9. The third-order valence-corrected chi connectivity index (χ3v) is 6.83. The van der Waals surface area contributed by atoms with Gasteiger partial charge in [0.2, 0.25) is 12.5 Å². The molecule has 2 N–H and O–H groups in total. The van der Waals surface area contributed by atoms with Gasteiger partial charge in [-0.2, -0.15) is 0 Å². The predicted octanol–water partition coefficient (Wildman–Crippen LogP) is 4.02. The molecular weight excluding hydrogens is 476 g/mol. The first-order valence-corrected chi connectivity index (χ1v) is 11.9. The number of aromatic amines is 1. The molecule has 5 rings (SSSR count). The van der Waals surface area contributed by atoms with Gasteiger partial charge < -0.3 is 33.6 Å². The summed E-state index contributed by atoms with van der Waals surface area (Å²) in [6.45, 7) is 2.21. The van der Waals surface area contributed by atoms with Crippen LogP contribution in [-0.4, -0.2) is 41.6 Å². The fraction of sp³-hybridized carbons (Fsp3) is 0.286. The lowest BCUT2D eigenvalue weighted by Gasteiger charge is -2.21. The number of rotatable bonds is 8. The zero-order valence-corrected chi connectivity index (χ0v) is 20.9. The van der Waals surface area contributed by atoms with Crippen molar-refractivity contribution in [2.45, 2.75) is 32.2 Å². The second-order valence-corrected chi connectivity index (χ2v) is 8.94. The number of methoxy groups -OCH3 is 2. The summed E-state index contributed by atoms with van der Waals surface area (Å²) in [7, 11) is 2.78. The molecule has 2 aromatic heterocycles. The number of benzene rings is 2. The average Bonchev–Trinajstić information content (AvgIpc) is 3.54. The van der Waals surface area contributed by atoms with Crippen molar-refractivity contribution in [1.82, 2.24) is 9.55 Å². The van der Waals surface area contributed by atoms with Crippen molar-refractivity contribution in [3.63, 3.8) is 0 Å². The van der Waals surface area contributed by atoms with Gasteiger partial charge in [0.05, 0.1) is 26.2 Å². The largest absolute Gasteiger partial charge is 0.507 e. The number of esters is 1. The minimum absolute atomic E-state index is 0.0350. The summed E-state index contributed by atoms with van der Waals surface area (Å²) < 4.78 is 23.1. The number of nitrogens with zero attached hydrogens (tertiary/aromatic N) is 1. The lowest BCUT2D eigenvalue weighted by molar-refractivity contribution is -0.140. The molecule has 1 aliphatic rings. The maximum Gasteiger partial charge on any atom is 0.306 e. The lowest BCUT2D eigenvalue weighted by Crippen LogP contribution is -2.29. The first-order chi connectivity index (χ1) is 17.9. The Labute approximate surface area is 213 Å². The van der Waals surface area contributed by atoms with Crippen LogP contribution in [0.25, 0.3) is 10.9 Å². The standard InChI is InChI=1S/C28H28N2O7/c1-16-10-22(31)26(28(33)30(16)9-8-17-14-29-21-7-5-4-6-19(17)21)20(13-25(32)35-3)18-11-23(34-2)27-24(12-18)36-15-37-27/h4-7,10-12,14,20,29,31H,8-9,13,15H2,1-3H3. The first-order valence-electron chi connectivity index (χ1n) is 11.9. The number of carbonyl (C=O) groups is 1. The first kappa shape index (κ1) is 24.3. The van der Waals surface area contributed by atoms with E-state index in [2.05, 4.69) is 4.98 Å². The van der Waals surface area contributed by atoms with E-state index in [0.29, 0.717) is 41.5 Å². The van der Waals surface area contributed by atoms with E-state index in [9.17, 15) is 14.7 Å². The van der Waals surface area contributed by atoms with E-state index in [-0.39, 0.29) is 30.1 Å². The molecule has 0 spiro atoms. The number of H-pyrrole nitrogens is 1. The Morgan fingerprint density at radius 1 is 1.19 bits per heavy atom. The summed E-state index contributed by atoms with van der Waals surface area (Å²) in [4.78, 5) is 29.6. The molecule has 1 aliphatic heterocycles. The number of fused-ring (bicyclic) bond motifs is 2. The minimum Gasteiger partial charge on any atom is -0.507 e. The van der Waals surface area contributed by atoms with E-state index in [1.54, 1.807) is 29.7 Å². The molecule has 0 bridgehead atoms. The predicted molar refractivity (Wildman–Crippen MR) is 137 cm³/mol. The molecule has 37 heavy (non-hydrogen) atoms. The average molecular weight is 505 g/mol. The van der Waals surface area contributed by atoms with E-state index >= 15 is 0 Å². The summed E-state index contributed by atoms with van der Waals surface area (Å²) in [5.41, 5.74) is 3.03. The number of aryl methyl sites for hydroxylation is 2. The highest BCUT2D eigenvalue weighted by molar-refractivity contribution is 5.83. The fourth-order valence-corrected chi connectivity index (χ4v) is 4.93. The van der Waals surface area contributed by atoms with Crippen molar-refractivity contribution in [2.75, 3.05) is 21.0 Å². The number of carbonyl (C=O) groups excluding carboxylic acids is 1. The highest BCUT2D eigenvalue weighted by atomic mass is 16.7.